The first-order valence-corrected chi connectivity index (χ1v) is 12.1. The van der Waals surface area contributed by atoms with E-state index in [1.807, 2.05) is 33.8 Å². The largest absolute Gasteiger partial charge is 0.492 e. The molecule has 0 fully saturated rings. The van der Waals surface area contributed by atoms with Gasteiger partial charge in [0, 0.05) is 50.9 Å². The predicted octanol–water partition coefficient (Wildman–Crippen LogP) is 4.68. The second-order valence-corrected chi connectivity index (χ2v) is 9.97. The Balaban J connectivity index is 1.71. The van der Waals surface area contributed by atoms with Crippen molar-refractivity contribution in [2.24, 2.45) is 0 Å². The first kappa shape index (κ1) is 25.7. The summed E-state index contributed by atoms with van der Waals surface area (Å²) in [4.78, 5) is 23.1. The van der Waals surface area contributed by atoms with Gasteiger partial charge in [0.05, 0.1) is 30.5 Å². The number of hydrogen-bond donors (Lipinski definition) is 2. The Bertz CT molecular complexity index is 1180. The van der Waals surface area contributed by atoms with Gasteiger partial charge in [-0.15, -0.1) is 0 Å². The molecule has 1 aromatic heterocycles. The molecule has 1 unspecified atom stereocenters. The first-order chi connectivity index (χ1) is 17.1. The van der Waals surface area contributed by atoms with Crippen molar-refractivity contribution < 1.29 is 23.4 Å². The van der Waals surface area contributed by atoms with Crippen molar-refractivity contribution in [1.29, 1.82) is 0 Å². The molecule has 0 spiro atoms. The van der Waals surface area contributed by atoms with Gasteiger partial charge in [0.2, 0.25) is 5.95 Å². The van der Waals surface area contributed by atoms with E-state index in [4.69, 9.17) is 14.2 Å². The monoisotopic (exact) mass is 499 g/mol. The van der Waals surface area contributed by atoms with Crippen molar-refractivity contribution in [2.45, 2.75) is 52.2 Å². The molecule has 0 saturated heterocycles. The number of anilines is 3. The van der Waals surface area contributed by atoms with E-state index >= 15 is 4.39 Å². The van der Waals surface area contributed by atoms with Crippen LogP contribution in [-0.2, 0) is 15.9 Å². The zero-order valence-electron chi connectivity index (χ0n) is 21.7. The number of fused-ring (bicyclic) bond motifs is 1. The maximum absolute atomic E-state index is 16.1. The molecule has 1 atom stereocenters. The fourth-order valence-corrected chi connectivity index (χ4v) is 4.33. The molecule has 10 heteroatoms. The molecule has 0 radical (unpaired) electrons. The van der Waals surface area contributed by atoms with Crippen molar-refractivity contribution in [2.75, 3.05) is 44.5 Å². The van der Waals surface area contributed by atoms with E-state index in [1.165, 1.54) is 0 Å². The number of benzene rings is 1. The lowest BCUT2D eigenvalue weighted by Crippen LogP contribution is -2.40. The molecule has 194 valence electrons. The van der Waals surface area contributed by atoms with Crippen LogP contribution in [0.2, 0.25) is 0 Å². The molecular weight excluding hydrogens is 465 g/mol. The molecule has 9 nitrogen and oxygen atoms in total. The van der Waals surface area contributed by atoms with Gasteiger partial charge in [-0.1, -0.05) is 6.08 Å². The van der Waals surface area contributed by atoms with E-state index in [2.05, 4.69) is 20.6 Å². The highest BCUT2D eigenvalue weighted by molar-refractivity contribution is 5.79. The number of methoxy groups -OCH3 is 1. The van der Waals surface area contributed by atoms with Crippen molar-refractivity contribution in [3.05, 3.63) is 40.8 Å². The summed E-state index contributed by atoms with van der Waals surface area (Å²) in [6, 6.07) is 3.56. The molecule has 4 rings (SSSR count). The Hall–Kier alpha value is -3.40. The van der Waals surface area contributed by atoms with Gasteiger partial charge in [0.15, 0.2) is 5.82 Å². The average molecular weight is 500 g/mol. The standard InChI is InChI=1S/C26H34FN5O4/c1-15-11-20(28-5)31-24(29-15)30-19-13-17-8-10-35-23(17)21(22(19)27)16-7-9-32(14-18(12-16)34-6)25(33)36-26(2,3)4/h7,11,13,18H,8-10,12,14H2,1-6H3,(H2,28,29,30,31). The molecule has 0 bridgehead atoms. The molecule has 0 saturated carbocycles. The van der Waals surface area contributed by atoms with Crippen LogP contribution in [0.25, 0.3) is 5.57 Å². The van der Waals surface area contributed by atoms with Crippen molar-refractivity contribution in [3.63, 3.8) is 0 Å². The van der Waals surface area contributed by atoms with E-state index in [0.717, 1.165) is 11.3 Å². The van der Waals surface area contributed by atoms with Gasteiger partial charge in [-0.3, -0.25) is 0 Å². The van der Waals surface area contributed by atoms with Gasteiger partial charge in [-0.05, 0) is 39.3 Å². The number of rotatable bonds is 5. The highest BCUT2D eigenvalue weighted by atomic mass is 19.1. The Kier molecular flexibility index (Phi) is 7.35. The van der Waals surface area contributed by atoms with Crippen molar-refractivity contribution >= 4 is 29.1 Å². The molecule has 2 aromatic rings. The van der Waals surface area contributed by atoms with Crippen LogP contribution in [0.5, 0.6) is 5.75 Å². The Morgan fingerprint density at radius 1 is 1.28 bits per heavy atom. The number of nitrogens with one attached hydrogen (secondary N) is 2. The van der Waals surface area contributed by atoms with Gasteiger partial charge in [0.25, 0.3) is 0 Å². The minimum atomic E-state index is -0.621. The fraction of sp³-hybridized carbons (Fsp3) is 0.500. The quantitative estimate of drug-likeness (QED) is 0.612. The number of hydrogen-bond acceptors (Lipinski definition) is 8. The number of halogens is 1. The number of amides is 1. The summed E-state index contributed by atoms with van der Waals surface area (Å²) in [6.07, 6.45) is 2.17. The van der Waals surface area contributed by atoms with Crippen LogP contribution < -0.4 is 15.4 Å². The smallest absolute Gasteiger partial charge is 0.410 e. The second-order valence-electron chi connectivity index (χ2n) is 9.97. The van der Waals surface area contributed by atoms with Crippen LogP contribution in [0.15, 0.2) is 18.2 Å². The summed E-state index contributed by atoms with van der Waals surface area (Å²) in [6.45, 7) is 8.39. The fourth-order valence-electron chi connectivity index (χ4n) is 4.33. The van der Waals surface area contributed by atoms with Gasteiger partial charge in [0.1, 0.15) is 17.2 Å². The zero-order valence-corrected chi connectivity index (χ0v) is 21.7. The van der Waals surface area contributed by atoms with E-state index < -0.39 is 17.5 Å². The molecular formula is C26H34FN5O4. The number of carbonyl (C=O) groups is 1. The highest BCUT2D eigenvalue weighted by Crippen LogP contribution is 2.42. The predicted molar refractivity (Wildman–Crippen MR) is 136 cm³/mol. The topological polar surface area (TPSA) is 97.8 Å². The number of ether oxygens (including phenoxy) is 3. The van der Waals surface area contributed by atoms with Crippen molar-refractivity contribution in [3.8, 4) is 5.75 Å². The van der Waals surface area contributed by atoms with Crippen molar-refractivity contribution in [1.82, 2.24) is 14.9 Å². The third-order valence-corrected chi connectivity index (χ3v) is 6.00. The lowest BCUT2D eigenvalue weighted by atomic mass is 9.95. The van der Waals surface area contributed by atoms with Crippen LogP contribution in [0.1, 0.15) is 44.0 Å². The van der Waals surface area contributed by atoms with E-state index in [1.54, 1.807) is 31.2 Å². The minimum Gasteiger partial charge on any atom is -0.492 e. The summed E-state index contributed by atoms with van der Waals surface area (Å²) in [7, 11) is 3.35. The van der Waals surface area contributed by atoms with Gasteiger partial charge >= 0.3 is 6.09 Å². The number of carbonyl (C=O) groups excluding carboxylic acids is 1. The van der Waals surface area contributed by atoms with Crippen LogP contribution in [0.4, 0.5) is 26.6 Å². The SMILES string of the molecule is CNc1cc(C)nc(Nc2cc3c(c(C4=CCN(C(=O)OC(C)(C)C)CC(OC)C4)c2F)OCC3)n1. The maximum atomic E-state index is 16.1. The average Bonchev–Trinajstić information content (AvgIpc) is 3.15. The van der Waals surface area contributed by atoms with Gasteiger partial charge < -0.3 is 29.7 Å². The zero-order chi connectivity index (χ0) is 26.0. The Labute approximate surface area is 211 Å². The molecule has 0 aliphatic carbocycles. The van der Waals surface area contributed by atoms with Gasteiger partial charge in [-0.25, -0.2) is 14.2 Å². The second kappa shape index (κ2) is 10.3. The molecule has 2 aliphatic heterocycles. The normalized spacial score (nSPS) is 17.6. The number of aromatic nitrogens is 2. The molecule has 3 heterocycles. The number of nitrogens with zero attached hydrogens (tertiary/aromatic N) is 3. The van der Waals surface area contributed by atoms with Crippen LogP contribution in [-0.4, -0.2) is 66.5 Å². The number of aryl methyl sites for hydroxylation is 1. The van der Waals surface area contributed by atoms with E-state index in [9.17, 15) is 4.79 Å². The molecule has 2 N–H and O–H groups in total. The molecule has 36 heavy (non-hydrogen) atoms. The third-order valence-electron chi connectivity index (χ3n) is 6.00. The summed E-state index contributed by atoms with van der Waals surface area (Å²) in [5, 5.41) is 6.04. The van der Waals surface area contributed by atoms with E-state index in [-0.39, 0.29) is 18.3 Å². The van der Waals surface area contributed by atoms with Crippen LogP contribution >= 0.6 is 0 Å². The lowest BCUT2D eigenvalue weighted by molar-refractivity contribution is 0.0129. The van der Waals surface area contributed by atoms with Crippen LogP contribution in [0.3, 0.4) is 0 Å². The summed E-state index contributed by atoms with van der Waals surface area (Å²) < 4.78 is 33.2. The maximum Gasteiger partial charge on any atom is 0.410 e. The summed E-state index contributed by atoms with van der Waals surface area (Å²) >= 11 is 0. The van der Waals surface area contributed by atoms with Gasteiger partial charge in [-0.2, -0.15) is 4.98 Å². The van der Waals surface area contributed by atoms with E-state index in [0.29, 0.717) is 54.6 Å². The highest BCUT2D eigenvalue weighted by Gasteiger charge is 2.31. The lowest BCUT2D eigenvalue weighted by Gasteiger charge is -2.27. The minimum absolute atomic E-state index is 0.266. The Morgan fingerprint density at radius 3 is 2.75 bits per heavy atom. The first-order valence-electron chi connectivity index (χ1n) is 12.1. The summed E-state index contributed by atoms with van der Waals surface area (Å²) in [5.41, 5.74) is 2.39. The Morgan fingerprint density at radius 2 is 2.06 bits per heavy atom. The van der Waals surface area contributed by atoms with Crippen LogP contribution in [0, 0.1) is 12.7 Å². The molecule has 1 amide bonds. The molecule has 2 aliphatic rings. The third kappa shape index (κ3) is 5.70. The molecule has 1 aromatic carbocycles. The summed E-state index contributed by atoms with van der Waals surface area (Å²) in [5.74, 6) is 1.00.